The maximum absolute atomic E-state index is 11.7. The van der Waals surface area contributed by atoms with Gasteiger partial charge in [-0.25, -0.2) is 9.59 Å². The van der Waals surface area contributed by atoms with Gasteiger partial charge in [-0.1, -0.05) is 63.4 Å². The maximum Gasteiger partial charge on any atom is 0.333 e. The average molecular weight is 390 g/mol. The van der Waals surface area contributed by atoms with Crippen LogP contribution < -0.4 is 0 Å². The molecule has 4 heteroatoms. The highest BCUT2D eigenvalue weighted by molar-refractivity contribution is 5.87. The van der Waals surface area contributed by atoms with Crippen LogP contribution in [0.4, 0.5) is 0 Å². The van der Waals surface area contributed by atoms with Crippen LogP contribution in [0.2, 0.25) is 0 Å². The number of ether oxygens (including phenoxy) is 2. The molecule has 0 atom stereocenters. The fraction of sp³-hybridized carbons (Fsp3) is 0.280. The Morgan fingerprint density at radius 1 is 0.793 bits per heavy atom. The maximum atomic E-state index is 11.7. The van der Waals surface area contributed by atoms with Crippen molar-refractivity contribution >= 4 is 11.9 Å². The summed E-state index contributed by atoms with van der Waals surface area (Å²) in [7, 11) is 0. The van der Waals surface area contributed by atoms with Crippen molar-refractivity contribution in [3.05, 3.63) is 83.0 Å². The topological polar surface area (TPSA) is 52.6 Å². The van der Waals surface area contributed by atoms with E-state index in [0.29, 0.717) is 11.1 Å². The lowest BCUT2D eigenvalue weighted by atomic mass is 9.81. The van der Waals surface area contributed by atoms with Gasteiger partial charge in [-0.05, 0) is 47.2 Å². The molecule has 29 heavy (non-hydrogen) atoms. The molecule has 0 bridgehead atoms. The number of benzene rings is 2. The van der Waals surface area contributed by atoms with Gasteiger partial charge in [0.2, 0.25) is 0 Å². The number of carbonyl (C=O) groups is 2. The zero-order valence-corrected chi connectivity index (χ0v) is 17.4. The molecule has 1 aliphatic rings. The van der Waals surface area contributed by atoms with Crippen molar-refractivity contribution in [1.82, 2.24) is 0 Å². The van der Waals surface area contributed by atoms with Gasteiger partial charge in [0.15, 0.2) is 0 Å². The molecule has 0 fully saturated rings. The van der Waals surface area contributed by atoms with Gasteiger partial charge in [-0.3, -0.25) is 0 Å². The SMILES string of the molecule is C=C(C)C(=O)OCc1ccc2c(c1)C(C)(C)c1cc(COC(=O)C(=C)C)ccc1-2. The van der Waals surface area contributed by atoms with Crippen LogP contribution in [0.1, 0.15) is 49.9 Å². The highest BCUT2D eigenvalue weighted by Crippen LogP contribution is 2.49. The molecule has 0 N–H and O–H groups in total. The first-order valence-electron chi connectivity index (χ1n) is 9.53. The van der Waals surface area contributed by atoms with Crippen LogP contribution in [0.3, 0.4) is 0 Å². The zero-order valence-electron chi connectivity index (χ0n) is 17.4. The second-order valence-corrected chi connectivity index (χ2v) is 8.10. The molecule has 0 saturated heterocycles. The normalized spacial score (nSPS) is 13.2. The number of fused-ring (bicyclic) bond motifs is 3. The second-order valence-electron chi connectivity index (χ2n) is 8.10. The van der Waals surface area contributed by atoms with Crippen molar-refractivity contribution < 1.29 is 19.1 Å². The molecule has 2 aromatic carbocycles. The molecule has 0 aromatic heterocycles. The van der Waals surface area contributed by atoms with E-state index in [2.05, 4.69) is 51.3 Å². The number of hydrogen-bond acceptors (Lipinski definition) is 4. The molecule has 0 saturated carbocycles. The molecule has 0 spiro atoms. The van der Waals surface area contributed by atoms with Gasteiger partial charge in [0.25, 0.3) is 0 Å². The lowest BCUT2D eigenvalue weighted by Gasteiger charge is -2.22. The van der Waals surface area contributed by atoms with Crippen LogP contribution in [0.25, 0.3) is 11.1 Å². The largest absolute Gasteiger partial charge is 0.457 e. The molecule has 3 rings (SSSR count). The summed E-state index contributed by atoms with van der Waals surface area (Å²) in [6, 6.07) is 12.3. The van der Waals surface area contributed by atoms with Gasteiger partial charge in [0, 0.05) is 16.6 Å². The molecule has 0 radical (unpaired) electrons. The minimum atomic E-state index is -0.387. The third-order valence-corrected chi connectivity index (χ3v) is 5.24. The second kappa shape index (κ2) is 7.70. The Morgan fingerprint density at radius 2 is 1.17 bits per heavy atom. The number of carbonyl (C=O) groups excluding carboxylic acids is 2. The fourth-order valence-corrected chi connectivity index (χ4v) is 3.56. The van der Waals surface area contributed by atoms with E-state index in [4.69, 9.17) is 9.47 Å². The summed E-state index contributed by atoms with van der Waals surface area (Å²) in [6.45, 7) is 15.3. The molecule has 150 valence electrons. The Morgan fingerprint density at radius 3 is 1.52 bits per heavy atom. The van der Waals surface area contributed by atoms with E-state index < -0.39 is 0 Å². The lowest BCUT2D eigenvalue weighted by Crippen LogP contribution is -2.16. The summed E-state index contributed by atoms with van der Waals surface area (Å²) in [4.78, 5) is 23.4. The Kier molecular flexibility index (Phi) is 5.47. The van der Waals surface area contributed by atoms with Gasteiger partial charge in [0.1, 0.15) is 13.2 Å². The first kappa shape index (κ1) is 20.6. The molecule has 1 aliphatic carbocycles. The minimum absolute atomic E-state index is 0.215. The van der Waals surface area contributed by atoms with Crippen molar-refractivity contribution in [2.75, 3.05) is 0 Å². The standard InChI is InChI=1S/C25H26O4/c1-15(2)23(26)28-13-17-7-9-19-20-10-8-18(14-29-24(27)16(3)4)12-22(20)25(5,6)21(19)11-17/h7-12H,1,3,13-14H2,2,4-6H3. The highest BCUT2D eigenvalue weighted by atomic mass is 16.5. The Hall–Kier alpha value is -3.14. The van der Waals surface area contributed by atoms with Crippen molar-refractivity contribution in [2.45, 2.75) is 46.3 Å². The van der Waals surface area contributed by atoms with Gasteiger partial charge in [-0.15, -0.1) is 0 Å². The Labute approximate surface area is 171 Å². The third-order valence-electron chi connectivity index (χ3n) is 5.24. The number of hydrogen-bond donors (Lipinski definition) is 0. The molecule has 2 aromatic rings. The van der Waals surface area contributed by atoms with Gasteiger partial charge in [0.05, 0.1) is 0 Å². The third kappa shape index (κ3) is 4.02. The van der Waals surface area contributed by atoms with Crippen LogP contribution in [-0.4, -0.2) is 11.9 Å². The molecular weight excluding hydrogens is 364 g/mol. The number of esters is 2. The quantitative estimate of drug-likeness (QED) is 0.500. The Balaban J connectivity index is 1.85. The van der Waals surface area contributed by atoms with Crippen LogP contribution in [0, 0.1) is 0 Å². The summed E-state index contributed by atoms with van der Waals surface area (Å²) in [5.41, 5.74) is 7.16. The molecular formula is C25H26O4. The Bertz CT molecular complexity index is 946. The summed E-state index contributed by atoms with van der Waals surface area (Å²) in [5, 5.41) is 0. The smallest absolute Gasteiger partial charge is 0.333 e. The van der Waals surface area contributed by atoms with E-state index in [1.807, 2.05) is 12.1 Å². The van der Waals surface area contributed by atoms with E-state index in [0.717, 1.165) is 11.1 Å². The van der Waals surface area contributed by atoms with Gasteiger partial charge >= 0.3 is 11.9 Å². The minimum Gasteiger partial charge on any atom is -0.457 e. The first-order valence-corrected chi connectivity index (χ1v) is 9.53. The average Bonchev–Trinajstić information content (AvgIpc) is 2.90. The molecule has 0 heterocycles. The van der Waals surface area contributed by atoms with Crippen molar-refractivity contribution in [3.8, 4) is 11.1 Å². The summed E-state index contributed by atoms with van der Waals surface area (Å²) in [6.07, 6.45) is 0. The fourth-order valence-electron chi connectivity index (χ4n) is 3.56. The van der Waals surface area contributed by atoms with E-state index in [-0.39, 0.29) is 30.6 Å². The van der Waals surface area contributed by atoms with E-state index >= 15 is 0 Å². The van der Waals surface area contributed by atoms with Crippen LogP contribution in [-0.2, 0) is 37.7 Å². The zero-order chi connectivity index (χ0) is 21.3. The predicted molar refractivity (Wildman–Crippen MR) is 113 cm³/mol. The van der Waals surface area contributed by atoms with Crippen LogP contribution in [0.15, 0.2) is 60.7 Å². The van der Waals surface area contributed by atoms with E-state index in [1.165, 1.54) is 22.3 Å². The first-order chi connectivity index (χ1) is 13.6. The van der Waals surface area contributed by atoms with Crippen LogP contribution in [0.5, 0.6) is 0 Å². The van der Waals surface area contributed by atoms with Crippen molar-refractivity contribution in [1.29, 1.82) is 0 Å². The summed E-state index contributed by atoms with van der Waals surface area (Å²) >= 11 is 0. The highest BCUT2D eigenvalue weighted by Gasteiger charge is 2.35. The van der Waals surface area contributed by atoms with Gasteiger partial charge in [-0.2, -0.15) is 0 Å². The molecule has 0 amide bonds. The van der Waals surface area contributed by atoms with Crippen molar-refractivity contribution in [3.63, 3.8) is 0 Å². The van der Waals surface area contributed by atoms with Gasteiger partial charge < -0.3 is 9.47 Å². The predicted octanol–water partition coefficient (Wildman–Crippen LogP) is 5.23. The summed E-state index contributed by atoms with van der Waals surface area (Å²) < 4.78 is 10.6. The molecule has 4 nitrogen and oxygen atoms in total. The lowest BCUT2D eigenvalue weighted by molar-refractivity contribution is -0.141. The van der Waals surface area contributed by atoms with Crippen LogP contribution >= 0.6 is 0 Å². The van der Waals surface area contributed by atoms with E-state index in [9.17, 15) is 9.59 Å². The molecule has 0 aliphatic heterocycles. The van der Waals surface area contributed by atoms with E-state index in [1.54, 1.807) is 13.8 Å². The number of rotatable bonds is 6. The summed E-state index contributed by atoms with van der Waals surface area (Å²) in [5.74, 6) is -0.774. The monoisotopic (exact) mass is 390 g/mol. The van der Waals surface area contributed by atoms with Crippen molar-refractivity contribution in [2.24, 2.45) is 0 Å². The molecule has 0 unspecified atom stereocenters.